The van der Waals surface area contributed by atoms with E-state index >= 15 is 0 Å². The third-order valence-corrected chi connectivity index (χ3v) is 12.1. The fraction of sp³-hybridized carbons (Fsp3) is 1.00. The Balaban J connectivity index is 4.85. The molecule has 188 valence electrons. The molecular formula is C21H52N6O3Ti. The molecule has 10 heteroatoms. The summed E-state index contributed by atoms with van der Waals surface area (Å²) in [5.41, 5.74) is 16.6. The van der Waals surface area contributed by atoms with E-state index in [1.165, 1.54) is 0 Å². The van der Waals surface area contributed by atoms with Crippen molar-refractivity contribution in [3.63, 3.8) is 0 Å². The van der Waals surface area contributed by atoms with Crippen LogP contribution in [0.4, 0.5) is 0 Å². The summed E-state index contributed by atoms with van der Waals surface area (Å²) in [4.78, 5) is 0. The van der Waals surface area contributed by atoms with Gasteiger partial charge in [-0.25, -0.2) is 0 Å². The van der Waals surface area contributed by atoms with E-state index in [4.69, 9.17) is 23.8 Å². The van der Waals surface area contributed by atoms with Gasteiger partial charge in [0.2, 0.25) is 0 Å². The van der Waals surface area contributed by atoms with E-state index < -0.39 is 16.1 Å². The number of rotatable bonds is 24. The first-order valence-electron chi connectivity index (χ1n) is 12.3. The van der Waals surface area contributed by atoms with E-state index in [9.17, 15) is 3.32 Å². The van der Waals surface area contributed by atoms with Crippen LogP contribution >= 0.6 is 0 Å². The topological polar surface area (TPSA) is 150 Å². The van der Waals surface area contributed by atoms with E-state index in [2.05, 4.69) is 16.0 Å². The fourth-order valence-corrected chi connectivity index (χ4v) is 10.2. The molecule has 9 nitrogen and oxygen atoms in total. The van der Waals surface area contributed by atoms with Crippen LogP contribution in [0.15, 0.2) is 0 Å². The van der Waals surface area contributed by atoms with Crippen molar-refractivity contribution in [2.45, 2.75) is 67.9 Å². The monoisotopic (exact) mass is 484 g/mol. The molecule has 31 heavy (non-hydrogen) atoms. The van der Waals surface area contributed by atoms with Crippen LogP contribution in [0.1, 0.15) is 52.4 Å². The second kappa shape index (κ2) is 19.6. The maximum atomic E-state index is 14.4. The Hall–Kier alpha value is 0.194. The molecule has 9 N–H and O–H groups in total. The van der Waals surface area contributed by atoms with Crippen molar-refractivity contribution in [1.82, 2.24) is 16.0 Å². The van der Waals surface area contributed by atoms with Gasteiger partial charge in [0, 0.05) is 0 Å². The third kappa shape index (κ3) is 17.3. The van der Waals surface area contributed by atoms with Crippen LogP contribution in [0.5, 0.6) is 0 Å². The second-order valence-electron chi connectivity index (χ2n) is 8.62. The van der Waals surface area contributed by atoms with Crippen LogP contribution in [0, 0.1) is 0 Å². The van der Waals surface area contributed by atoms with Gasteiger partial charge in [0.1, 0.15) is 0 Å². The maximum absolute atomic E-state index is 14.4. The SMILES string of the molecule is CC(C)[O][Ti](=[O])([CH2]CCNCCCN)([CH2]CCNCCCN)[O]CCCNCCCN. The Kier molecular flexibility index (Phi) is 19.8. The predicted molar refractivity (Wildman–Crippen MR) is 126 cm³/mol. The van der Waals surface area contributed by atoms with E-state index in [1.54, 1.807) is 0 Å². The van der Waals surface area contributed by atoms with Gasteiger partial charge in [0.15, 0.2) is 0 Å². The molecule has 0 rings (SSSR count). The minimum absolute atomic E-state index is 0.132. The molecule has 0 aromatic rings. The van der Waals surface area contributed by atoms with Crippen LogP contribution in [-0.4, -0.2) is 71.6 Å². The van der Waals surface area contributed by atoms with Crippen molar-refractivity contribution in [1.29, 1.82) is 0 Å². The molecule has 0 amide bonds. The number of hydrogen-bond acceptors (Lipinski definition) is 9. The predicted octanol–water partition coefficient (Wildman–Crippen LogP) is 1.12. The van der Waals surface area contributed by atoms with Gasteiger partial charge in [-0.3, -0.25) is 0 Å². The van der Waals surface area contributed by atoms with Crippen LogP contribution in [0.2, 0.25) is 9.45 Å². The summed E-state index contributed by atoms with van der Waals surface area (Å²) < 4.78 is 27.9. The Morgan fingerprint density at radius 2 is 1.06 bits per heavy atom. The Labute approximate surface area is 192 Å². The van der Waals surface area contributed by atoms with Crippen LogP contribution in [0.25, 0.3) is 0 Å². The van der Waals surface area contributed by atoms with Gasteiger partial charge < -0.3 is 0 Å². The fourth-order valence-electron chi connectivity index (χ4n) is 3.61. The van der Waals surface area contributed by atoms with Gasteiger partial charge in [-0.2, -0.15) is 0 Å². The van der Waals surface area contributed by atoms with E-state index in [-0.39, 0.29) is 6.10 Å². The first-order valence-corrected chi connectivity index (χ1v) is 16.5. The standard InChI is InChI=1S/C6H15N2O.2C6H15N2.C3H7O.O.Ti/c7-3-1-4-8-5-2-6-9;2*1-2-5-8-6-3-4-7;1-3(2)4;;/h8H,1-7H2;2*8H,1-7H2;3H,1-2H3;;/q-1;;;-1;;+2. The minimum atomic E-state index is -4.82. The van der Waals surface area contributed by atoms with Crippen molar-refractivity contribution in [2.24, 2.45) is 17.2 Å². The van der Waals surface area contributed by atoms with Gasteiger partial charge in [0.25, 0.3) is 0 Å². The van der Waals surface area contributed by atoms with Gasteiger partial charge in [-0.05, 0) is 0 Å². The zero-order valence-electron chi connectivity index (χ0n) is 20.3. The average molecular weight is 485 g/mol. The molecule has 0 saturated carbocycles. The van der Waals surface area contributed by atoms with Crippen molar-refractivity contribution in [3.8, 4) is 0 Å². The molecular weight excluding hydrogens is 432 g/mol. The van der Waals surface area contributed by atoms with Crippen molar-refractivity contribution in [3.05, 3.63) is 0 Å². The van der Waals surface area contributed by atoms with Gasteiger partial charge in [0.05, 0.1) is 0 Å². The van der Waals surface area contributed by atoms with Crippen molar-refractivity contribution >= 4 is 0 Å². The summed E-state index contributed by atoms with van der Waals surface area (Å²) in [6.45, 7) is 11.4. The molecule has 0 aliphatic rings. The summed E-state index contributed by atoms with van der Waals surface area (Å²) in [7, 11) is 0. The first kappa shape index (κ1) is 31.2. The molecule has 0 radical (unpaired) electrons. The van der Waals surface area contributed by atoms with Crippen LogP contribution in [0.3, 0.4) is 0 Å². The van der Waals surface area contributed by atoms with Crippen molar-refractivity contribution in [2.75, 3.05) is 65.5 Å². The summed E-state index contributed by atoms with van der Waals surface area (Å²) in [5.74, 6) is 0. The molecule has 0 saturated heterocycles. The average Bonchev–Trinajstić information content (AvgIpc) is 2.72. The molecule has 0 atom stereocenters. The van der Waals surface area contributed by atoms with Gasteiger partial charge >= 0.3 is 193 Å². The molecule has 0 aromatic carbocycles. The normalized spacial score (nSPS) is 12.7. The van der Waals surface area contributed by atoms with E-state index in [0.29, 0.717) is 35.7 Å². The first-order chi connectivity index (χ1) is 14.9. The van der Waals surface area contributed by atoms with Crippen molar-refractivity contribution < 1.29 is 26.0 Å². The Morgan fingerprint density at radius 1 is 0.677 bits per heavy atom. The van der Waals surface area contributed by atoms with Crippen LogP contribution in [-0.2, 0) is 26.0 Å². The molecule has 0 bridgehead atoms. The summed E-state index contributed by atoms with van der Waals surface area (Å²) >= 11 is -4.82. The molecule has 0 aliphatic heterocycles. The Bertz CT molecular complexity index is 448. The second-order valence-corrected chi connectivity index (χ2v) is 15.3. The Morgan fingerprint density at radius 3 is 1.45 bits per heavy atom. The van der Waals surface area contributed by atoms with Crippen LogP contribution < -0.4 is 33.2 Å². The zero-order chi connectivity index (χ0) is 23.3. The van der Waals surface area contributed by atoms with Gasteiger partial charge in [-0.1, -0.05) is 0 Å². The van der Waals surface area contributed by atoms with E-state index in [1.807, 2.05) is 13.8 Å². The molecule has 0 unspecified atom stereocenters. The molecule has 0 aliphatic carbocycles. The zero-order valence-corrected chi connectivity index (χ0v) is 21.8. The molecule has 0 spiro atoms. The number of hydrogen-bond donors (Lipinski definition) is 6. The number of nitrogens with two attached hydrogens (primary N) is 3. The molecule has 0 fully saturated rings. The summed E-state index contributed by atoms with van der Waals surface area (Å²) in [6, 6.07) is 0. The summed E-state index contributed by atoms with van der Waals surface area (Å²) in [6.07, 6.45) is 5.05. The molecule has 0 aromatic heterocycles. The van der Waals surface area contributed by atoms with Gasteiger partial charge in [-0.15, -0.1) is 0 Å². The third-order valence-electron chi connectivity index (χ3n) is 5.12. The molecule has 0 heterocycles. The van der Waals surface area contributed by atoms with E-state index in [0.717, 1.165) is 77.8 Å². The number of nitrogens with one attached hydrogen (secondary N) is 3. The summed E-state index contributed by atoms with van der Waals surface area (Å²) in [5, 5.41) is 10.1. The quantitative estimate of drug-likeness (QED) is 0.0875.